The van der Waals surface area contributed by atoms with Gasteiger partial charge in [-0.3, -0.25) is 14.4 Å². The van der Waals surface area contributed by atoms with Crippen LogP contribution in [0.4, 0.5) is 0 Å². The molecular weight excluding hydrogens is 248 g/mol. The number of aliphatic carboxylic acids is 1. The predicted octanol–water partition coefficient (Wildman–Crippen LogP) is 0.662. The van der Waals surface area contributed by atoms with E-state index in [1.807, 2.05) is 0 Å². The molecule has 1 aliphatic rings. The van der Waals surface area contributed by atoms with Crippen LogP contribution in [0.15, 0.2) is 0 Å². The second-order valence-corrected chi connectivity index (χ2v) is 5.66. The lowest BCUT2D eigenvalue weighted by atomic mass is 9.89. The molecule has 0 spiro atoms. The quantitative estimate of drug-likeness (QED) is 0.565. The van der Waals surface area contributed by atoms with Gasteiger partial charge in [-0.1, -0.05) is 0 Å². The molecule has 0 aromatic rings. The number of carbonyl (C=O) groups excluding carboxylic acids is 2. The minimum absolute atomic E-state index is 0.0163. The minimum atomic E-state index is -1.06. The van der Waals surface area contributed by atoms with E-state index in [9.17, 15) is 14.4 Å². The van der Waals surface area contributed by atoms with E-state index in [1.54, 1.807) is 0 Å². The molecule has 1 aliphatic carbocycles. The molecule has 2 amide bonds. The van der Waals surface area contributed by atoms with Gasteiger partial charge < -0.3 is 15.7 Å². The van der Waals surface area contributed by atoms with Crippen LogP contribution in [-0.2, 0) is 14.4 Å². The highest BCUT2D eigenvalue weighted by Crippen LogP contribution is 2.20. The van der Waals surface area contributed by atoms with Crippen molar-refractivity contribution in [2.24, 2.45) is 5.41 Å². The van der Waals surface area contributed by atoms with Gasteiger partial charge in [-0.25, -0.2) is 0 Å². The SMILES string of the molecule is CC(C)(CC(=O)NCCCC(=O)NC1CC1)C(=O)O. The zero-order chi connectivity index (χ0) is 14.5. The molecular formula is C13H22N2O4. The second-order valence-electron chi connectivity index (χ2n) is 5.66. The molecule has 0 aliphatic heterocycles. The van der Waals surface area contributed by atoms with Gasteiger partial charge in [0.05, 0.1) is 5.41 Å². The molecule has 6 nitrogen and oxygen atoms in total. The fourth-order valence-electron chi connectivity index (χ4n) is 1.54. The Labute approximate surface area is 112 Å². The molecule has 1 rings (SSSR count). The van der Waals surface area contributed by atoms with Crippen molar-refractivity contribution in [1.29, 1.82) is 0 Å². The summed E-state index contributed by atoms with van der Waals surface area (Å²) in [6.45, 7) is 3.42. The molecule has 0 radical (unpaired) electrons. The number of rotatable bonds is 8. The van der Waals surface area contributed by atoms with Gasteiger partial charge in [0.2, 0.25) is 11.8 Å². The maximum atomic E-state index is 11.5. The Bertz CT molecular complexity index is 362. The number of hydrogen-bond donors (Lipinski definition) is 3. The van der Waals surface area contributed by atoms with Crippen molar-refractivity contribution in [1.82, 2.24) is 10.6 Å². The van der Waals surface area contributed by atoms with Crippen LogP contribution in [0.2, 0.25) is 0 Å². The van der Waals surface area contributed by atoms with E-state index < -0.39 is 11.4 Å². The van der Waals surface area contributed by atoms with Gasteiger partial charge in [0.25, 0.3) is 0 Å². The third-order valence-corrected chi connectivity index (χ3v) is 3.03. The van der Waals surface area contributed by atoms with Crippen molar-refractivity contribution >= 4 is 17.8 Å². The Hall–Kier alpha value is -1.59. The zero-order valence-corrected chi connectivity index (χ0v) is 11.5. The molecule has 3 N–H and O–H groups in total. The smallest absolute Gasteiger partial charge is 0.309 e. The largest absolute Gasteiger partial charge is 0.481 e. The van der Waals surface area contributed by atoms with Crippen LogP contribution in [0.25, 0.3) is 0 Å². The average Bonchev–Trinajstić information content (AvgIpc) is 3.07. The van der Waals surface area contributed by atoms with Crippen LogP contribution in [-0.4, -0.2) is 35.5 Å². The maximum Gasteiger partial charge on any atom is 0.309 e. The summed E-state index contributed by atoms with van der Waals surface area (Å²) in [6.07, 6.45) is 3.02. The molecule has 0 atom stereocenters. The summed E-state index contributed by atoms with van der Waals surface area (Å²) in [5.74, 6) is -1.27. The lowest BCUT2D eigenvalue weighted by Gasteiger charge is -2.18. The van der Waals surface area contributed by atoms with E-state index in [0.717, 1.165) is 12.8 Å². The summed E-state index contributed by atoms with van der Waals surface area (Å²) in [4.78, 5) is 33.7. The highest BCUT2D eigenvalue weighted by molar-refractivity contribution is 5.84. The van der Waals surface area contributed by atoms with Gasteiger partial charge in [-0.15, -0.1) is 0 Å². The van der Waals surface area contributed by atoms with E-state index in [0.29, 0.717) is 25.4 Å². The molecule has 1 fully saturated rings. The summed E-state index contributed by atoms with van der Waals surface area (Å²) < 4.78 is 0. The lowest BCUT2D eigenvalue weighted by Crippen LogP contribution is -2.34. The Balaban J connectivity index is 2.09. The van der Waals surface area contributed by atoms with E-state index in [4.69, 9.17) is 5.11 Å². The van der Waals surface area contributed by atoms with Crippen molar-refractivity contribution < 1.29 is 19.5 Å². The van der Waals surface area contributed by atoms with E-state index in [1.165, 1.54) is 13.8 Å². The van der Waals surface area contributed by atoms with Gasteiger partial charge in [0.15, 0.2) is 0 Å². The third-order valence-electron chi connectivity index (χ3n) is 3.03. The first kappa shape index (κ1) is 15.5. The van der Waals surface area contributed by atoms with E-state index in [2.05, 4.69) is 10.6 Å². The van der Waals surface area contributed by atoms with Crippen LogP contribution < -0.4 is 10.6 Å². The molecule has 0 bridgehead atoms. The molecule has 1 saturated carbocycles. The molecule has 108 valence electrons. The molecule has 0 aromatic heterocycles. The standard InChI is InChI=1S/C13H22N2O4/c1-13(2,12(18)19)8-11(17)14-7-3-4-10(16)15-9-5-6-9/h9H,3-8H2,1-2H3,(H,14,17)(H,15,16)(H,18,19). The number of carboxylic acids is 1. The normalized spacial score (nSPS) is 14.8. The molecule has 0 unspecified atom stereocenters. The Morgan fingerprint density at radius 2 is 1.84 bits per heavy atom. The number of nitrogens with one attached hydrogen (secondary N) is 2. The lowest BCUT2D eigenvalue weighted by molar-refractivity contribution is -0.149. The molecule has 6 heteroatoms. The monoisotopic (exact) mass is 270 g/mol. The van der Waals surface area contributed by atoms with Gasteiger partial charge in [-0.2, -0.15) is 0 Å². The van der Waals surface area contributed by atoms with Crippen LogP contribution in [0.3, 0.4) is 0 Å². The van der Waals surface area contributed by atoms with Gasteiger partial charge in [-0.05, 0) is 33.1 Å². The van der Waals surface area contributed by atoms with Crippen molar-refractivity contribution in [3.05, 3.63) is 0 Å². The highest BCUT2D eigenvalue weighted by Gasteiger charge is 2.29. The zero-order valence-electron chi connectivity index (χ0n) is 11.5. The van der Waals surface area contributed by atoms with E-state index >= 15 is 0 Å². The molecule has 0 heterocycles. The van der Waals surface area contributed by atoms with Crippen LogP contribution in [0, 0.1) is 5.41 Å². The van der Waals surface area contributed by atoms with Crippen LogP contribution >= 0.6 is 0 Å². The maximum absolute atomic E-state index is 11.5. The highest BCUT2D eigenvalue weighted by atomic mass is 16.4. The Morgan fingerprint density at radius 1 is 1.21 bits per heavy atom. The van der Waals surface area contributed by atoms with Gasteiger partial charge >= 0.3 is 5.97 Å². The average molecular weight is 270 g/mol. The minimum Gasteiger partial charge on any atom is -0.481 e. The van der Waals surface area contributed by atoms with Crippen molar-refractivity contribution in [2.45, 2.75) is 52.0 Å². The first-order chi connectivity index (χ1) is 8.81. The number of amides is 2. The fraction of sp³-hybridized carbons (Fsp3) is 0.769. The first-order valence-corrected chi connectivity index (χ1v) is 6.61. The summed E-state index contributed by atoms with van der Waals surface area (Å²) >= 11 is 0. The molecule has 0 saturated heterocycles. The van der Waals surface area contributed by atoms with Crippen LogP contribution in [0.1, 0.15) is 46.0 Å². The predicted molar refractivity (Wildman–Crippen MR) is 69.4 cm³/mol. The van der Waals surface area contributed by atoms with Gasteiger partial charge in [0, 0.05) is 25.4 Å². The van der Waals surface area contributed by atoms with Crippen molar-refractivity contribution in [3.63, 3.8) is 0 Å². The summed E-state index contributed by atoms with van der Waals surface area (Å²) in [7, 11) is 0. The number of hydrogen-bond acceptors (Lipinski definition) is 3. The summed E-state index contributed by atoms with van der Waals surface area (Å²) in [5.41, 5.74) is -1.06. The molecule has 0 aromatic carbocycles. The second kappa shape index (κ2) is 6.54. The molecule has 19 heavy (non-hydrogen) atoms. The fourth-order valence-corrected chi connectivity index (χ4v) is 1.54. The van der Waals surface area contributed by atoms with Gasteiger partial charge in [0.1, 0.15) is 0 Å². The Kier molecular flexibility index (Phi) is 5.32. The summed E-state index contributed by atoms with van der Waals surface area (Å²) in [6, 6.07) is 0.360. The summed E-state index contributed by atoms with van der Waals surface area (Å²) in [5, 5.41) is 14.4. The van der Waals surface area contributed by atoms with Crippen molar-refractivity contribution in [3.8, 4) is 0 Å². The van der Waals surface area contributed by atoms with Crippen LogP contribution in [0.5, 0.6) is 0 Å². The number of carbonyl (C=O) groups is 3. The van der Waals surface area contributed by atoms with Crippen molar-refractivity contribution in [2.75, 3.05) is 6.54 Å². The third kappa shape index (κ3) is 6.22. The number of carboxylic acid groups (broad SMARTS) is 1. The topological polar surface area (TPSA) is 95.5 Å². The first-order valence-electron chi connectivity index (χ1n) is 6.61. The Morgan fingerprint density at radius 3 is 2.37 bits per heavy atom. The van der Waals surface area contributed by atoms with E-state index in [-0.39, 0.29) is 18.2 Å².